The van der Waals surface area contributed by atoms with Gasteiger partial charge in [-0.2, -0.15) is 0 Å². The van der Waals surface area contributed by atoms with Crippen LogP contribution >= 0.6 is 11.3 Å². The monoisotopic (exact) mass is 392 g/mol. The molecular weight excluding hydrogens is 368 g/mol. The molecule has 3 rings (SSSR count). The predicted molar refractivity (Wildman–Crippen MR) is 104 cm³/mol. The molecule has 1 aromatic heterocycles. The molecule has 7 heteroatoms. The highest BCUT2D eigenvalue weighted by molar-refractivity contribution is 7.89. The maximum Gasteiger partial charge on any atom is 0.251 e. The van der Waals surface area contributed by atoms with E-state index in [-0.39, 0.29) is 23.4 Å². The van der Waals surface area contributed by atoms with E-state index in [4.69, 9.17) is 0 Å². The Labute approximate surface area is 158 Å². The maximum atomic E-state index is 12.4. The molecule has 2 aromatic rings. The molecule has 1 aliphatic rings. The number of hydrogen-bond acceptors (Lipinski definition) is 4. The van der Waals surface area contributed by atoms with E-state index in [0.717, 1.165) is 24.1 Å². The minimum atomic E-state index is -3.59. The smallest absolute Gasteiger partial charge is 0.251 e. The second-order valence-corrected chi connectivity index (χ2v) is 9.57. The summed E-state index contributed by atoms with van der Waals surface area (Å²) in [6, 6.07) is 10.1. The summed E-state index contributed by atoms with van der Waals surface area (Å²) in [6.07, 6.45) is 4.50. The fraction of sp³-hybridized carbons (Fsp3) is 0.421. The Balaban J connectivity index is 1.62. The van der Waals surface area contributed by atoms with Gasteiger partial charge in [-0.1, -0.05) is 25.8 Å². The van der Waals surface area contributed by atoms with Gasteiger partial charge in [0.2, 0.25) is 10.0 Å². The third kappa shape index (κ3) is 4.72. The van der Waals surface area contributed by atoms with Gasteiger partial charge >= 0.3 is 0 Å². The molecule has 5 nitrogen and oxygen atoms in total. The van der Waals surface area contributed by atoms with Crippen LogP contribution < -0.4 is 10.0 Å². The zero-order valence-corrected chi connectivity index (χ0v) is 16.4. The lowest BCUT2D eigenvalue weighted by Crippen LogP contribution is -2.41. The van der Waals surface area contributed by atoms with Crippen LogP contribution in [0.5, 0.6) is 0 Å². The van der Waals surface area contributed by atoms with Crippen molar-refractivity contribution in [3.63, 3.8) is 0 Å². The highest BCUT2D eigenvalue weighted by Crippen LogP contribution is 2.24. The summed E-state index contributed by atoms with van der Waals surface area (Å²) in [4.78, 5) is 13.5. The minimum Gasteiger partial charge on any atom is -0.349 e. The summed E-state index contributed by atoms with van der Waals surface area (Å²) >= 11 is 1.50. The first-order valence-corrected chi connectivity index (χ1v) is 11.2. The summed E-state index contributed by atoms with van der Waals surface area (Å²) < 4.78 is 27.3. The maximum absolute atomic E-state index is 12.4. The van der Waals surface area contributed by atoms with Crippen LogP contribution in [-0.4, -0.2) is 20.4 Å². The van der Waals surface area contributed by atoms with Crippen molar-refractivity contribution in [1.82, 2.24) is 10.0 Å². The van der Waals surface area contributed by atoms with Gasteiger partial charge in [0.1, 0.15) is 0 Å². The second-order valence-electron chi connectivity index (χ2n) is 6.77. The van der Waals surface area contributed by atoms with Crippen LogP contribution in [0, 0.1) is 5.92 Å². The van der Waals surface area contributed by atoms with Crippen LogP contribution in [0.4, 0.5) is 0 Å². The molecule has 0 radical (unpaired) electrons. The summed E-state index contributed by atoms with van der Waals surface area (Å²) in [5, 5.41) is 4.99. The van der Waals surface area contributed by atoms with Gasteiger partial charge in [0, 0.05) is 23.0 Å². The molecule has 0 spiro atoms. The fourth-order valence-electron chi connectivity index (χ4n) is 3.23. The van der Waals surface area contributed by atoms with Gasteiger partial charge in [-0.15, -0.1) is 11.3 Å². The molecule has 140 valence electrons. The van der Waals surface area contributed by atoms with Crippen LogP contribution in [0.15, 0.2) is 46.7 Å². The lowest BCUT2D eigenvalue weighted by molar-refractivity contribution is 0.0910. The third-order valence-corrected chi connectivity index (χ3v) is 7.16. The van der Waals surface area contributed by atoms with E-state index in [1.807, 2.05) is 17.5 Å². The standard InChI is InChI=1S/C19H24N2O3S2/c1-14-5-2-3-7-18(14)21-19(22)15-8-10-17(11-9-15)26(23,24)20-13-16-6-4-12-25-16/h4,6,8-12,14,18,20H,2-3,5,7,13H2,1H3,(H,21,22). The van der Waals surface area contributed by atoms with Crippen molar-refractivity contribution in [1.29, 1.82) is 0 Å². The molecule has 2 N–H and O–H groups in total. The number of sulfonamides is 1. The lowest BCUT2D eigenvalue weighted by Gasteiger charge is -2.29. The molecule has 1 saturated carbocycles. The van der Waals surface area contributed by atoms with Gasteiger partial charge in [-0.25, -0.2) is 13.1 Å². The van der Waals surface area contributed by atoms with E-state index in [9.17, 15) is 13.2 Å². The zero-order valence-electron chi connectivity index (χ0n) is 14.8. The number of benzene rings is 1. The number of amides is 1. The lowest BCUT2D eigenvalue weighted by atomic mass is 9.86. The topological polar surface area (TPSA) is 75.3 Å². The average Bonchev–Trinajstić information content (AvgIpc) is 3.16. The number of nitrogens with one attached hydrogen (secondary N) is 2. The van der Waals surface area contributed by atoms with Crippen molar-refractivity contribution < 1.29 is 13.2 Å². The van der Waals surface area contributed by atoms with Gasteiger partial charge in [0.15, 0.2) is 0 Å². The first kappa shape index (κ1) is 19.1. The Morgan fingerprint density at radius 2 is 1.88 bits per heavy atom. The second kappa shape index (κ2) is 8.33. The predicted octanol–water partition coefficient (Wildman–Crippen LogP) is 3.54. The summed E-state index contributed by atoms with van der Waals surface area (Å²) in [7, 11) is -3.59. The first-order valence-electron chi connectivity index (χ1n) is 8.89. The number of carbonyl (C=O) groups excluding carboxylic acids is 1. The molecule has 0 saturated heterocycles. The van der Waals surface area contributed by atoms with Crippen molar-refractivity contribution in [3.8, 4) is 0 Å². The quantitative estimate of drug-likeness (QED) is 0.790. The van der Waals surface area contributed by atoms with E-state index in [0.29, 0.717) is 11.5 Å². The molecule has 1 aliphatic carbocycles. The van der Waals surface area contributed by atoms with Crippen LogP contribution in [-0.2, 0) is 16.6 Å². The Kier molecular flexibility index (Phi) is 6.11. The van der Waals surface area contributed by atoms with Gasteiger partial charge < -0.3 is 5.32 Å². The number of carbonyl (C=O) groups is 1. The minimum absolute atomic E-state index is 0.140. The Bertz CT molecular complexity index is 830. The third-order valence-electron chi connectivity index (χ3n) is 4.87. The summed E-state index contributed by atoms with van der Waals surface area (Å²) in [5.41, 5.74) is 0.486. The van der Waals surface area contributed by atoms with Crippen molar-refractivity contribution in [2.45, 2.75) is 50.1 Å². The zero-order chi connectivity index (χ0) is 18.6. The number of rotatable bonds is 6. The van der Waals surface area contributed by atoms with Crippen LogP contribution in [0.25, 0.3) is 0 Å². The van der Waals surface area contributed by atoms with Crippen molar-refractivity contribution in [2.75, 3.05) is 0 Å². The van der Waals surface area contributed by atoms with E-state index < -0.39 is 10.0 Å². The highest BCUT2D eigenvalue weighted by atomic mass is 32.2. The van der Waals surface area contributed by atoms with Gasteiger partial charge in [0.05, 0.1) is 4.90 Å². The van der Waals surface area contributed by atoms with Gasteiger partial charge in [-0.3, -0.25) is 4.79 Å². The number of hydrogen-bond donors (Lipinski definition) is 2. The molecular formula is C19H24N2O3S2. The van der Waals surface area contributed by atoms with E-state index in [1.165, 1.54) is 29.9 Å². The molecule has 2 atom stereocenters. The Hall–Kier alpha value is -1.70. The SMILES string of the molecule is CC1CCCCC1NC(=O)c1ccc(S(=O)(=O)NCc2cccs2)cc1. The van der Waals surface area contributed by atoms with E-state index in [1.54, 1.807) is 12.1 Å². The molecule has 0 aliphatic heterocycles. The van der Waals surface area contributed by atoms with Crippen molar-refractivity contribution in [2.24, 2.45) is 5.92 Å². The van der Waals surface area contributed by atoms with Crippen molar-refractivity contribution in [3.05, 3.63) is 52.2 Å². The average molecular weight is 393 g/mol. The normalized spacial score (nSPS) is 20.7. The molecule has 1 fully saturated rings. The Morgan fingerprint density at radius 3 is 2.54 bits per heavy atom. The highest BCUT2D eigenvalue weighted by Gasteiger charge is 2.23. The van der Waals surface area contributed by atoms with Gasteiger partial charge in [-0.05, 0) is 54.5 Å². The molecule has 1 heterocycles. The Morgan fingerprint density at radius 1 is 1.15 bits per heavy atom. The molecule has 1 amide bonds. The summed E-state index contributed by atoms with van der Waals surface area (Å²) in [5.74, 6) is 0.341. The van der Waals surface area contributed by atoms with Crippen LogP contribution in [0.1, 0.15) is 47.8 Å². The molecule has 1 aromatic carbocycles. The van der Waals surface area contributed by atoms with E-state index in [2.05, 4.69) is 17.0 Å². The molecule has 2 unspecified atom stereocenters. The van der Waals surface area contributed by atoms with Crippen LogP contribution in [0.3, 0.4) is 0 Å². The van der Waals surface area contributed by atoms with Crippen molar-refractivity contribution >= 4 is 27.3 Å². The van der Waals surface area contributed by atoms with Gasteiger partial charge in [0.25, 0.3) is 5.91 Å². The fourth-order valence-corrected chi connectivity index (χ4v) is 4.97. The molecule has 0 bridgehead atoms. The van der Waals surface area contributed by atoms with Crippen LogP contribution in [0.2, 0.25) is 0 Å². The molecule has 26 heavy (non-hydrogen) atoms. The first-order chi connectivity index (χ1) is 12.5. The summed E-state index contributed by atoms with van der Waals surface area (Å²) in [6.45, 7) is 2.43. The van der Waals surface area contributed by atoms with E-state index >= 15 is 0 Å². The number of thiophene rings is 1. The largest absolute Gasteiger partial charge is 0.349 e.